The van der Waals surface area contributed by atoms with E-state index in [0.29, 0.717) is 27.8 Å². The molecular formula is C12H14N6OS2. The molecule has 0 amide bonds. The summed E-state index contributed by atoms with van der Waals surface area (Å²) in [4.78, 5) is 8.76. The molecule has 110 valence electrons. The lowest BCUT2D eigenvalue weighted by Crippen LogP contribution is -1.97. The van der Waals surface area contributed by atoms with Crippen LogP contribution < -0.4 is 0 Å². The molecule has 3 heterocycles. The lowest BCUT2D eigenvalue weighted by Gasteiger charge is -1.97. The topological polar surface area (TPSA) is 82.0 Å². The van der Waals surface area contributed by atoms with Crippen LogP contribution in [0.2, 0.25) is 0 Å². The smallest absolute Gasteiger partial charge is 0.276 e. The van der Waals surface area contributed by atoms with Crippen molar-refractivity contribution in [3.05, 3.63) is 23.3 Å². The van der Waals surface area contributed by atoms with Crippen LogP contribution in [-0.2, 0) is 5.75 Å². The van der Waals surface area contributed by atoms with Gasteiger partial charge >= 0.3 is 0 Å². The SMILES string of the molecule is CCSc1nnc(CSc2nc3nc(C)cc(C)n3n2)o1. The number of hydrogen-bond acceptors (Lipinski definition) is 8. The number of rotatable bonds is 5. The molecule has 3 aromatic rings. The van der Waals surface area contributed by atoms with E-state index < -0.39 is 0 Å². The highest BCUT2D eigenvalue weighted by molar-refractivity contribution is 7.99. The molecule has 0 unspecified atom stereocenters. The van der Waals surface area contributed by atoms with Gasteiger partial charge in [0.25, 0.3) is 11.0 Å². The Balaban J connectivity index is 1.74. The fourth-order valence-corrected chi connectivity index (χ4v) is 2.97. The van der Waals surface area contributed by atoms with Crippen molar-refractivity contribution in [3.63, 3.8) is 0 Å². The van der Waals surface area contributed by atoms with Crippen LogP contribution in [0.15, 0.2) is 20.9 Å². The molecule has 0 N–H and O–H groups in total. The van der Waals surface area contributed by atoms with Crippen molar-refractivity contribution in [2.45, 2.75) is 36.9 Å². The second kappa shape index (κ2) is 6.02. The quantitative estimate of drug-likeness (QED) is 0.663. The van der Waals surface area contributed by atoms with Crippen LogP contribution in [0.25, 0.3) is 5.78 Å². The first kappa shape index (κ1) is 14.3. The minimum atomic E-state index is 0.548. The summed E-state index contributed by atoms with van der Waals surface area (Å²) in [7, 11) is 0. The molecule has 0 aliphatic heterocycles. The number of hydrogen-bond donors (Lipinski definition) is 0. The number of aromatic nitrogens is 6. The van der Waals surface area contributed by atoms with Gasteiger partial charge in [0.1, 0.15) is 0 Å². The van der Waals surface area contributed by atoms with Crippen molar-refractivity contribution in [2.75, 3.05) is 5.75 Å². The molecule has 0 radical (unpaired) electrons. The summed E-state index contributed by atoms with van der Waals surface area (Å²) < 4.78 is 7.24. The van der Waals surface area contributed by atoms with Gasteiger partial charge in [-0.2, -0.15) is 4.98 Å². The van der Waals surface area contributed by atoms with E-state index in [1.54, 1.807) is 4.52 Å². The molecule has 21 heavy (non-hydrogen) atoms. The molecule has 0 saturated carbocycles. The van der Waals surface area contributed by atoms with E-state index in [4.69, 9.17) is 4.42 Å². The monoisotopic (exact) mass is 322 g/mol. The number of thioether (sulfide) groups is 2. The molecule has 0 atom stereocenters. The minimum Gasteiger partial charge on any atom is -0.415 e. The molecular weight excluding hydrogens is 308 g/mol. The second-order valence-electron chi connectivity index (χ2n) is 4.33. The minimum absolute atomic E-state index is 0.548. The average Bonchev–Trinajstić information content (AvgIpc) is 3.03. The Hall–Kier alpha value is -1.61. The first-order valence-electron chi connectivity index (χ1n) is 6.44. The highest BCUT2D eigenvalue weighted by atomic mass is 32.2. The maximum absolute atomic E-state index is 5.50. The lowest BCUT2D eigenvalue weighted by atomic mass is 10.4. The summed E-state index contributed by atoms with van der Waals surface area (Å²) in [6.45, 7) is 5.97. The predicted octanol–water partition coefficient (Wildman–Crippen LogP) is 2.53. The zero-order valence-corrected chi connectivity index (χ0v) is 13.5. The van der Waals surface area contributed by atoms with Gasteiger partial charge in [-0.25, -0.2) is 9.50 Å². The van der Waals surface area contributed by atoms with Gasteiger partial charge < -0.3 is 4.42 Å². The summed E-state index contributed by atoms with van der Waals surface area (Å²) >= 11 is 2.99. The predicted molar refractivity (Wildman–Crippen MR) is 80.5 cm³/mol. The van der Waals surface area contributed by atoms with Gasteiger partial charge in [0.2, 0.25) is 11.0 Å². The molecule has 0 aromatic carbocycles. The fourth-order valence-electron chi connectivity index (χ4n) is 1.81. The highest BCUT2D eigenvalue weighted by Gasteiger charge is 2.11. The van der Waals surface area contributed by atoms with E-state index in [9.17, 15) is 0 Å². The maximum atomic E-state index is 5.50. The molecule has 0 aliphatic rings. The van der Waals surface area contributed by atoms with Crippen LogP contribution in [0.5, 0.6) is 0 Å². The zero-order valence-electron chi connectivity index (χ0n) is 11.9. The Morgan fingerprint density at radius 3 is 2.86 bits per heavy atom. The van der Waals surface area contributed by atoms with Gasteiger partial charge in [-0.3, -0.25) is 0 Å². The molecule has 0 bridgehead atoms. The first-order chi connectivity index (χ1) is 10.2. The Morgan fingerprint density at radius 2 is 2.05 bits per heavy atom. The number of nitrogens with zero attached hydrogens (tertiary/aromatic N) is 6. The second-order valence-corrected chi connectivity index (χ2v) is 6.49. The summed E-state index contributed by atoms with van der Waals surface area (Å²) in [6.07, 6.45) is 0. The van der Waals surface area contributed by atoms with E-state index in [1.165, 1.54) is 23.5 Å². The van der Waals surface area contributed by atoms with Crippen LogP contribution in [0.1, 0.15) is 24.2 Å². The summed E-state index contributed by atoms with van der Waals surface area (Å²) in [5.74, 6) is 2.65. The van der Waals surface area contributed by atoms with Crippen molar-refractivity contribution in [3.8, 4) is 0 Å². The normalized spacial score (nSPS) is 11.4. The van der Waals surface area contributed by atoms with Crippen LogP contribution >= 0.6 is 23.5 Å². The third kappa shape index (κ3) is 3.18. The number of aryl methyl sites for hydroxylation is 2. The zero-order chi connectivity index (χ0) is 14.8. The van der Waals surface area contributed by atoms with Gasteiger partial charge in [-0.15, -0.1) is 15.3 Å². The van der Waals surface area contributed by atoms with Gasteiger partial charge in [-0.05, 0) is 25.7 Å². The third-order valence-corrected chi connectivity index (χ3v) is 4.16. The van der Waals surface area contributed by atoms with Crippen LogP contribution in [0.3, 0.4) is 0 Å². The molecule has 3 aromatic heterocycles. The van der Waals surface area contributed by atoms with Crippen LogP contribution in [-0.4, -0.2) is 35.5 Å². The Kier molecular flexibility index (Phi) is 4.11. The van der Waals surface area contributed by atoms with Gasteiger partial charge in [0, 0.05) is 11.4 Å². The van der Waals surface area contributed by atoms with E-state index >= 15 is 0 Å². The average molecular weight is 322 g/mol. The fraction of sp³-hybridized carbons (Fsp3) is 0.417. The Labute approximate surface area is 130 Å². The van der Waals surface area contributed by atoms with Crippen LogP contribution in [0.4, 0.5) is 0 Å². The molecule has 3 rings (SSSR count). The van der Waals surface area contributed by atoms with Crippen molar-refractivity contribution >= 4 is 29.3 Å². The largest absolute Gasteiger partial charge is 0.415 e. The number of fused-ring (bicyclic) bond motifs is 1. The van der Waals surface area contributed by atoms with E-state index in [-0.39, 0.29) is 0 Å². The Morgan fingerprint density at radius 1 is 1.19 bits per heavy atom. The molecule has 7 nitrogen and oxygen atoms in total. The molecule has 9 heteroatoms. The first-order valence-corrected chi connectivity index (χ1v) is 8.42. The van der Waals surface area contributed by atoms with Crippen LogP contribution in [0, 0.1) is 13.8 Å². The summed E-state index contributed by atoms with van der Waals surface area (Å²) in [6, 6.07) is 1.97. The van der Waals surface area contributed by atoms with Gasteiger partial charge in [-0.1, -0.05) is 30.4 Å². The highest BCUT2D eigenvalue weighted by Crippen LogP contribution is 2.22. The Bertz CT molecular complexity index is 768. The van der Waals surface area contributed by atoms with Crippen molar-refractivity contribution in [1.82, 2.24) is 29.8 Å². The molecule has 0 fully saturated rings. The standard InChI is InChI=1S/C12H14N6OS2/c1-4-20-12-16-15-9(19-12)6-21-11-14-10-13-7(2)5-8(3)18(10)17-11/h5H,4,6H2,1-3H3. The summed E-state index contributed by atoms with van der Waals surface area (Å²) in [5.41, 5.74) is 1.94. The van der Waals surface area contributed by atoms with Crippen molar-refractivity contribution in [2.24, 2.45) is 0 Å². The van der Waals surface area contributed by atoms with E-state index in [0.717, 1.165) is 17.1 Å². The van der Waals surface area contributed by atoms with Crippen molar-refractivity contribution in [1.29, 1.82) is 0 Å². The third-order valence-electron chi connectivity index (χ3n) is 2.64. The molecule has 0 spiro atoms. The lowest BCUT2D eigenvalue weighted by molar-refractivity contribution is 0.426. The van der Waals surface area contributed by atoms with Crippen molar-refractivity contribution < 1.29 is 4.42 Å². The maximum Gasteiger partial charge on any atom is 0.276 e. The molecule has 0 saturated heterocycles. The van der Waals surface area contributed by atoms with Gasteiger partial charge in [0.15, 0.2) is 0 Å². The molecule has 0 aliphatic carbocycles. The van der Waals surface area contributed by atoms with E-state index in [1.807, 2.05) is 26.8 Å². The van der Waals surface area contributed by atoms with E-state index in [2.05, 4.69) is 25.3 Å². The van der Waals surface area contributed by atoms with Gasteiger partial charge in [0.05, 0.1) is 5.75 Å². The summed E-state index contributed by atoms with van der Waals surface area (Å²) in [5, 5.41) is 13.6.